The minimum atomic E-state index is -0.118. The molecule has 312 valence electrons. The Kier molecular flexibility index (Phi) is 9.75. The van der Waals surface area contributed by atoms with Gasteiger partial charge in [-0.2, -0.15) is 0 Å². The van der Waals surface area contributed by atoms with Crippen molar-refractivity contribution in [3.05, 3.63) is 192 Å². The number of anilines is 4. The fraction of sp³-hybridized carbons (Fsp3) is 0.190. The smallest absolute Gasteiger partial charge is 0.137 e. The second-order valence-electron chi connectivity index (χ2n) is 19.1. The molecule has 3 heterocycles. The van der Waals surface area contributed by atoms with Crippen LogP contribution in [0.4, 0.5) is 22.7 Å². The normalized spacial score (nSPS) is 13.0. The molecule has 0 bridgehead atoms. The SMILES string of the molecule is Cc1cccc(C)c1-c1cnc(-n2c3ccccc3c3ccc(Oc4cccc(N5CN(c6cc(C(C)(C)C)ccc6-c6ccccc6)c6ccccc65)c4)cc32)cc1C(C)(C)C. The number of hydrogen-bond donors (Lipinski definition) is 0. The molecule has 1 aliphatic heterocycles. The van der Waals surface area contributed by atoms with Crippen LogP contribution in [-0.2, 0) is 10.8 Å². The first-order valence-corrected chi connectivity index (χ1v) is 22.1. The second kappa shape index (κ2) is 15.4. The maximum Gasteiger partial charge on any atom is 0.137 e. The van der Waals surface area contributed by atoms with Gasteiger partial charge in [0.1, 0.15) is 24.0 Å². The number of aryl methyl sites for hydroxylation is 2. The van der Waals surface area contributed by atoms with Gasteiger partial charge >= 0.3 is 0 Å². The van der Waals surface area contributed by atoms with Gasteiger partial charge in [0.2, 0.25) is 0 Å². The van der Waals surface area contributed by atoms with E-state index in [1.807, 2.05) is 6.07 Å². The highest BCUT2D eigenvalue weighted by Crippen LogP contribution is 2.48. The highest BCUT2D eigenvalue weighted by molar-refractivity contribution is 6.09. The molecule has 0 saturated heterocycles. The van der Waals surface area contributed by atoms with Gasteiger partial charge in [-0.3, -0.25) is 4.57 Å². The van der Waals surface area contributed by atoms with Crippen LogP contribution in [0.15, 0.2) is 170 Å². The predicted octanol–water partition coefficient (Wildman–Crippen LogP) is 15.8. The van der Waals surface area contributed by atoms with E-state index in [9.17, 15) is 0 Å². The standard InChI is InChI=1S/C58H54N4O/c1-38-18-16-19-39(2)56(38)48-36-59-55(35-49(48)58(6,7)8)62-50-25-13-12-24-46(50)47-31-29-44(34-54(47)62)63-43-23-17-22-42(33-43)60-37-61(52-27-15-14-26-51(52)60)53-32-41(57(3,4)5)28-30-45(53)40-20-10-9-11-21-40/h9-36H,37H2,1-8H3. The third kappa shape index (κ3) is 7.21. The van der Waals surface area contributed by atoms with Gasteiger partial charge in [-0.1, -0.05) is 139 Å². The molecule has 63 heavy (non-hydrogen) atoms. The summed E-state index contributed by atoms with van der Waals surface area (Å²) in [7, 11) is 0. The number of rotatable bonds is 7. The van der Waals surface area contributed by atoms with E-state index in [-0.39, 0.29) is 10.8 Å². The molecule has 10 rings (SSSR count). The fourth-order valence-corrected chi connectivity index (χ4v) is 9.46. The summed E-state index contributed by atoms with van der Waals surface area (Å²) in [6, 6.07) is 58.8. The number of fused-ring (bicyclic) bond motifs is 4. The maximum atomic E-state index is 6.81. The molecule has 0 fully saturated rings. The second-order valence-corrected chi connectivity index (χ2v) is 19.1. The Morgan fingerprint density at radius 1 is 0.508 bits per heavy atom. The highest BCUT2D eigenvalue weighted by atomic mass is 16.5. The number of benzene rings is 7. The van der Waals surface area contributed by atoms with E-state index in [1.165, 1.54) is 61.3 Å². The lowest BCUT2D eigenvalue weighted by Crippen LogP contribution is -2.25. The lowest BCUT2D eigenvalue weighted by molar-refractivity contribution is 0.483. The molecule has 9 aromatic rings. The van der Waals surface area contributed by atoms with Crippen LogP contribution in [0, 0.1) is 13.8 Å². The summed E-state index contributed by atoms with van der Waals surface area (Å²) in [5.74, 6) is 2.43. The number of hydrogen-bond acceptors (Lipinski definition) is 4. The quantitative estimate of drug-likeness (QED) is 0.160. The summed E-state index contributed by atoms with van der Waals surface area (Å²) >= 11 is 0. The number of aromatic nitrogens is 2. The van der Waals surface area contributed by atoms with Gasteiger partial charge in [-0.05, 0) is 113 Å². The molecule has 0 saturated carbocycles. The van der Waals surface area contributed by atoms with E-state index in [4.69, 9.17) is 9.72 Å². The molecular formula is C58H54N4O. The van der Waals surface area contributed by atoms with E-state index >= 15 is 0 Å². The Morgan fingerprint density at radius 3 is 1.92 bits per heavy atom. The third-order valence-electron chi connectivity index (χ3n) is 12.7. The largest absolute Gasteiger partial charge is 0.457 e. The minimum absolute atomic E-state index is 0.00319. The molecule has 0 aliphatic carbocycles. The van der Waals surface area contributed by atoms with Crippen molar-refractivity contribution < 1.29 is 4.74 Å². The summed E-state index contributed by atoms with van der Waals surface area (Å²) in [5.41, 5.74) is 16.6. The van der Waals surface area contributed by atoms with Crippen LogP contribution in [0.25, 0.3) is 49.9 Å². The van der Waals surface area contributed by atoms with Gasteiger partial charge in [0.05, 0.1) is 28.1 Å². The maximum absolute atomic E-state index is 6.81. The highest BCUT2D eigenvalue weighted by Gasteiger charge is 2.31. The first-order valence-electron chi connectivity index (χ1n) is 22.1. The summed E-state index contributed by atoms with van der Waals surface area (Å²) in [6.07, 6.45) is 2.08. The number of nitrogens with zero attached hydrogens (tertiary/aromatic N) is 4. The monoisotopic (exact) mass is 822 g/mol. The molecular weight excluding hydrogens is 769 g/mol. The average molecular weight is 823 g/mol. The minimum Gasteiger partial charge on any atom is -0.457 e. The van der Waals surface area contributed by atoms with Crippen LogP contribution in [0.1, 0.15) is 63.8 Å². The van der Waals surface area contributed by atoms with Crippen molar-refractivity contribution >= 4 is 44.6 Å². The first-order chi connectivity index (χ1) is 30.3. The molecule has 5 heteroatoms. The van der Waals surface area contributed by atoms with Crippen LogP contribution in [0.3, 0.4) is 0 Å². The van der Waals surface area contributed by atoms with Crippen molar-refractivity contribution in [3.63, 3.8) is 0 Å². The third-order valence-corrected chi connectivity index (χ3v) is 12.7. The molecule has 0 amide bonds. The molecule has 0 spiro atoms. The van der Waals surface area contributed by atoms with E-state index in [0.29, 0.717) is 6.67 Å². The summed E-state index contributed by atoms with van der Waals surface area (Å²) in [5, 5.41) is 2.34. The lowest BCUT2D eigenvalue weighted by atomic mass is 9.81. The molecule has 0 radical (unpaired) electrons. The van der Waals surface area contributed by atoms with Crippen LogP contribution in [-0.4, -0.2) is 16.2 Å². The van der Waals surface area contributed by atoms with E-state index in [1.54, 1.807) is 0 Å². The van der Waals surface area contributed by atoms with Crippen LogP contribution in [0.5, 0.6) is 11.5 Å². The van der Waals surface area contributed by atoms with Gasteiger partial charge in [0, 0.05) is 45.9 Å². The molecule has 0 unspecified atom stereocenters. The van der Waals surface area contributed by atoms with Crippen LogP contribution in [0.2, 0.25) is 0 Å². The Labute approximate surface area is 371 Å². The van der Waals surface area contributed by atoms with Crippen molar-refractivity contribution in [2.75, 3.05) is 16.5 Å². The zero-order valence-electron chi connectivity index (χ0n) is 37.6. The van der Waals surface area contributed by atoms with Gasteiger partial charge in [-0.25, -0.2) is 4.98 Å². The van der Waals surface area contributed by atoms with Gasteiger partial charge in [0.25, 0.3) is 0 Å². The van der Waals surface area contributed by atoms with Gasteiger partial charge in [-0.15, -0.1) is 0 Å². The number of ether oxygens (including phenoxy) is 1. The lowest BCUT2D eigenvalue weighted by Gasteiger charge is -2.27. The Balaban J connectivity index is 1.03. The fourth-order valence-electron chi connectivity index (χ4n) is 9.46. The van der Waals surface area contributed by atoms with E-state index < -0.39 is 0 Å². The summed E-state index contributed by atoms with van der Waals surface area (Å²) in [4.78, 5) is 10.1. The first kappa shape index (κ1) is 40.0. The zero-order valence-corrected chi connectivity index (χ0v) is 37.6. The molecule has 1 aliphatic rings. The van der Waals surface area contributed by atoms with Crippen molar-refractivity contribution in [3.8, 4) is 39.6 Å². The molecule has 0 N–H and O–H groups in total. The molecule has 2 aromatic heterocycles. The zero-order chi connectivity index (χ0) is 43.6. The number of para-hydroxylation sites is 3. The van der Waals surface area contributed by atoms with Gasteiger partial charge < -0.3 is 14.5 Å². The van der Waals surface area contributed by atoms with E-state index in [0.717, 1.165) is 45.1 Å². The van der Waals surface area contributed by atoms with E-state index in [2.05, 4.69) is 234 Å². The van der Waals surface area contributed by atoms with Crippen LogP contribution < -0.4 is 14.5 Å². The summed E-state index contributed by atoms with van der Waals surface area (Å²) < 4.78 is 9.11. The van der Waals surface area contributed by atoms with Crippen molar-refractivity contribution in [1.82, 2.24) is 9.55 Å². The Morgan fingerprint density at radius 2 is 1.17 bits per heavy atom. The predicted molar refractivity (Wildman–Crippen MR) is 265 cm³/mol. The van der Waals surface area contributed by atoms with Crippen LogP contribution >= 0.6 is 0 Å². The van der Waals surface area contributed by atoms with Crippen molar-refractivity contribution in [2.24, 2.45) is 0 Å². The summed E-state index contributed by atoms with van der Waals surface area (Å²) in [6.45, 7) is 18.8. The molecule has 0 atom stereocenters. The Hall–Kier alpha value is -7.11. The van der Waals surface area contributed by atoms with Crippen molar-refractivity contribution in [1.29, 1.82) is 0 Å². The molecule has 7 aromatic carbocycles. The van der Waals surface area contributed by atoms with Gasteiger partial charge in [0.15, 0.2) is 0 Å². The molecule has 5 nitrogen and oxygen atoms in total. The Bertz CT molecular complexity index is 3160. The topological polar surface area (TPSA) is 33.5 Å². The van der Waals surface area contributed by atoms with Crippen molar-refractivity contribution in [2.45, 2.75) is 66.2 Å². The average Bonchev–Trinajstić information content (AvgIpc) is 3.82. The number of pyridine rings is 1.